The highest BCUT2D eigenvalue weighted by Crippen LogP contribution is 2.44. The Balaban J connectivity index is 1.31. The SMILES string of the molecule is COc1cc(/C=C/c2cccc(-c3cccc(NC(=O)c4ccc(CN5CC[C@@H](O)C5)cn4)c3C(F)(F)F)c2C#N)c(C(F)(F)F)cc1CN1CCCC1. The first-order valence-electron chi connectivity index (χ1n) is 17.3. The van der Waals surface area contributed by atoms with Gasteiger partial charge in [-0.05, 0) is 78.9 Å². The first-order valence-corrected chi connectivity index (χ1v) is 17.3. The maximum absolute atomic E-state index is 14.8. The van der Waals surface area contributed by atoms with E-state index in [1.165, 1.54) is 61.9 Å². The molecule has 6 rings (SSSR count). The first kappa shape index (κ1) is 38.5. The summed E-state index contributed by atoms with van der Waals surface area (Å²) in [5, 5.41) is 22.3. The number of halogens is 6. The molecular formula is C40H37F6N5O3. The molecule has 4 aromatic rings. The molecule has 54 heavy (non-hydrogen) atoms. The maximum atomic E-state index is 14.8. The molecule has 8 nitrogen and oxygen atoms in total. The second-order valence-corrected chi connectivity index (χ2v) is 13.4. The van der Waals surface area contributed by atoms with Crippen molar-refractivity contribution in [1.29, 1.82) is 5.26 Å². The second-order valence-electron chi connectivity index (χ2n) is 13.4. The molecule has 3 aromatic carbocycles. The number of hydrogen-bond acceptors (Lipinski definition) is 7. The molecule has 282 valence electrons. The lowest BCUT2D eigenvalue weighted by Gasteiger charge is -2.20. The Morgan fingerprint density at radius 2 is 1.67 bits per heavy atom. The number of likely N-dealkylation sites (tertiary alicyclic amines) is 2. The van der Waals surface area contributed by atoms with Crippen molar-refractivity contribution in [3.8, 4) is 22.9 Å². The number of carbonyl (C=O) groups is 1. The van der Waals surface area contributed by atoms with Gasteiger partial charge in [-0.25, -0.2) is 0 Å². The molecule has 0 aliphatic carbocycles. The number of nitrogens with zero attached hydrogens (tertiary/aromatic N) is 4. The van der Waals surface area contributed by atoms with Crippen LogP contribution < -0.4 is 10.1 Å². The molecule has 2 fully saturated rings. The van der Waals surface area contributed by atoms with E-state index < -0.39 is 46.7 Å². The van der Waals surface area contributed by atoms with Crippen LogP contribution in [0.2, 0.25) is 0 Å². The Hall–Kier alpha value is -5.23. The van der Waals surface area contributed by atoms with Gasteiger partial charge in [-0.15, -0.1) is 0 Å². The average Bonchev–Trinajstić information content (AvgIpc) is 3.81. The number of carbonyl (C=O) groups excluding carboxylic acids is 1. The Labute approximate surface area is 308 Å². The summed E-state index contributed by atoms with van der Waals surface area (Å²) in [6.07, 6.45) is -3.69. The number of rotatable bonds is 10. The van der Waals surface area contributed by atoms with Crippen LogP contribution in [0.1, 0.15) is 68.7 Å². The molecular weight excluding hydrogens is 712 g/mol. The van der Waals surface area contributed by atoms with Crippen molar-refractivity contribution >= 4 is 23.7 Å². The number of β-amino-alcohol motifs (C(OH)–C–C–N with tert-alkyl or cyclic N) is 1. The van der Waals surface area contributed by atoms with Crippen molar-refractivity contribution < 1.29 is 41.0 Å². The van der Waals surface area contributed by atoms with E-state index >= 15 is 0 Å². The van der Waals surface area contributed by atoms with Gasteiger partial charge in [0.2, 0.25) is 0 Å². The number of nitrogens with one attached hydrogen (secondary N) is 1. The maximum Gasteiger partial charge on any atom is 0.419 e. The summed E-state index contributed by atoms with van der Waals surface area (Å²) in [7, 11) is 1.37. The van der Waals surface area contributed by atoms with Crippen LogP contribution >= 0.6 is 0 Å². The highest BCUT2D eigenvalue weighted by atomic mass is 19.4. The number of anilines is 1. The molecule has 3 heterocycles. The number of methoxy groups -OCH3 is 1. The van der Waals surface area contributed by atoms with Gasteiger partial charge in [0, 0.05) is 43.5 Å². The molecule has 2 N–H and O–H groups in total. The van der Waals surface area contributed by atoms with Crippen molar-refractivity contribution in [2.24, 2.45) is 0 Å². The molecule has 0 unspecified atom stereocenters. The van der Waals surface area contributed by atoms with E-state index in [1.54, 1.807) is 6.07 Å². The summed E-state index contributed by atoms with van der Waals surface area (Å²) < 4.78 is 92.9. The van der Waals surface area contributed by atoms with Crippen LogP contribution in [-0.4, -0.2) is 65.2 Å². The lowest BCUT2D eigenvalue weighted by molar-refractivity contribution is -0.138. The fourth-order valence-electron chi connectivity index (χ4n) is 7.00. The normalized spacial score (nSPS) is 16.9. The van der Waals surface area contributed by atoms with Crippen molar-refractivity contribution in [3.05, 3.63) is 111 Å². The molecule has 0 radical (unpaired) electrons. The van der Waals surface area contributed by atoms with Gasteiger partial charge in [0.15, 0.2) is 0 Å². The number of benzene rings is 3. The summed E-state index contributed by atoms with van der Waals surface area (Å²) >= 11 is 0. The number of alkyl halides is 6. The molecule has 14 heteroatoms. The van der Waals surface area contributed by atoms with Crippen molar-refractivity contribution in [2.45, 2.75) is 50.8 Å². The summed E-state index contributed by atoms with van der Waals surface area (Å²) in [5.41, 5.74) is -2.59. The summed E-state index contributed by atoms with van der Waals surface area (Å²) in [6, 6.07) is 15.0. The fourth-order valence-corrected chi connectivity index (χ4v) is 7.00. The third kappa shape index (κ3) is 8.76. The third-order valence-electron chi connectivity index (χ3n) is 9.60. The van der Waals surface area contributed by atoms with Gasteiger partial charge >= 0.3 is 12.4 Å². The Morgan fingerprint density at radius 1 is 0.944 bits per heavy atom. The lowest BCUT2D eigenvalue weighted by atomic mass is 9.91. The van der Waals surface area contributed by atoms with Crippen LogP contribution in [0.4, 0.5) is 32.0 Å². The molecule has 1 atom stereocenters. The average molecular weight is 750 g/mol. The number of aromatic nitrogens is 1. The van der Waals surface area contributed by atoms with Gasteiger partial charge in [0.25, 0.3) is 5.91 Å². The monoisotopic (exact) mass is 749 g/mol. The highest BCUT2D eigenvalue weighted by molar-refractivity contribution is 6.04. The Kier molecular flexibility index (Phi) is 11.4. The molecule has 2 saturated heterocycles. The van der Waals surface area contributed by atoms with E-state index in [9.17, 15) is 41.5 Å². The number of pyridine rings is 1. The molecule has 0 bridgehead atoms. The standard InChI is InChI=1S/C40H37F6N5O3/c1-54-36-19-27(33(39(41,42)43)18-28(36)23-50-15-2-3-16-50)12-11-26-6-4-7-30(32(26)20-47)31-8-5-9-34(37(31)40(44,45)46)49-38(53)35-13-10-25(21-48-35)22-51-17-14-29(52)24-51/h4-13,18-19,21,29,52H,2-3,14-17,22-24H2,1H3,(H,49,53)/b12-11+/t29-/m1/s1. The van der Waals surface area contributed by atoms with Gasteiger partial charge < -0.3 is 15.2 Å². The molecule has 2 aliphatic rings. The van der Waals surface area contributed by atoms with Gasteiger partial charge in [0.05, 0.1) is 35.6 Å². The van der Waals surface area contributed by atoms with Crippen LogP contribution in [0.5, 0.6) is 5.75 Å². The van der Waals surface area contributed by atoms with E-state index in [0.717, 1.165) is 49.7 Å². The molecule has 1 aromatic heterocycles. The van der Waals surface area contributed by atoms with Gasteiger partial charge in [-0.2, -0.15) is 31.6 Å². The Morgan fingerprint density at radius 3 is 2.30 bits per heavy atom. The quantitative estimate of drug-likeness (QED) is 0.124. The predicted octanol–water partition coefficient (Wildman–Crippen LogP) is 8.25. The van der Waals surface area contributed by atoms with E-state index in [-0.39, 0.29) is 40.2 Å². The van der Waals surface area contributed by atoms with Gasteiger partial charge in [0.1, 0.15) is 17.5 Å². The first-order chi connectivity index (χ1) is 25.7. The van der Waals surface area contributed by atoms with Gasteiger partial charge in [-0.3, -0.25) is 19.6 Å². The number of hydrogen-bond donors (Lipinski definition) is 2. The minimum absolute atomic E-state index is 0.0820. The van der Waals surface area contributed by atoms with Crippen LogP contribution in [0.15, 0.2) is 66.9 Å². The van der Waals surface area contributed by atoms with Crippen LogP contribution in [0.25, 0.3) is 23.3 Å². The van der Waals surface area contributed by atoms with E-state index in [0.29, 0.717) is 31.6 Å². The molecule has 1 amide bonds. The third-order valence-corrected chi connectivity index (χ3v) is 9.60. The second kappa shape index (κ2) is 16.0. The van der Waals surface area contributed by atoms with Crippen molar-refractivity contribution in [1.82, 2.24) is 14.8 Å². The molecule has 0 spiro atoms. The largest absolute Gasteiger partial charge is 0.496 e. The number of aliphatic hydroxyl groups is 1. The summed E-state index contributed by atoms with van der Waals surface area (Å²) in [5.74, 6) is -0.633. The topological polar surface area (TPSA) is 102 Å². The van der Waals surface area contributed by atoms with E-state index in [4.69, 9.17) is 4.74 Å². The van der Waals surface area contributed by atoms with Crippen molar-refractivity contribution in [3.63, 3.8) is 0 Å². The van der Waals surface area contributed by atoms with Crippen LogP contribution in [0.3, 0.4) is 0 Å². The summed E-state index contributed by atoms with van der Waals surface area (Å²) in [6.45, 7) is 3.52. The Bertz CT molecular complexity index is 2070. The fraction of sp³-hybridized carbons (Fsp3) is 0.325. The molecule has 0 saturated carbocycles. The molecule has 2 aliphatic heterocycles. The van der Waals surface area contributed by atoms with Crippen molar-refractivity contribution in [2.75, 3.05) is 38.6 Å². The highest BCUT2D eigenvalue weighted by Gasteiger charge is 2.38. The number of amides is 1. The zero-order chi connectivity index (χ0) is 38.6. The van der Waals surface area contributed by atoms with Crippen LogP contribution in [0, 0.1) is 11.3 Å². The zero-order valence-corrected chi connectivity index (χ0v) is 29.3. The summed E-state index contributed by atoms with van der Waals surface area (Å²) in [4.78, 5) is 21.4. The minimum Gasteiger partial charge on any atom is -0.496 e. The van der Waals surface area contributed by atoms with Gasteiger partial charge in [-0.1, -0.05) is 48.6 Å². The predicted molar refractivity (Wildman–Crippen MR) is 191 cm³/mol. The number of nitriles is 1. The zero-order valence-electron chi connectivity index (χ0n) is 29.3. The van der Waals surface area contributed by atoms with E-state index in [1.807, 2.05) is 15.9 Å². The lowest BCUT2D eigenvalue weighted by Crippen LogP contribution is -2.22. The number of aliphatic hydroxyl groups excluding tert-OH is 1. The minimum atomic E-state index is -5.00. The number of ether oxygens (including phenoxy) is 1. The van der Waals surface area contributed by atoms with Crippen LogP contribution in [-0.2, 0) is 25.4 Å². The smallest absolute Gasteiger partial charge is 0.419 e. The van der Waals surface area contributed by atoms with E-state index in [2.05, 4.69) is 10.3 Å².